The highest BCUT2D eigenvalue weighted by Gasteiger charge is 2.23. The number of hydrogen-bond donors (Lipinski definition) is 2. The second-order valence-electron chi connectivity index (χ2n) is 4.40. The van der Waals surface area contributed by atoms with Crippen LogP contribution in [0, 0.1) is 0 Å². The van der Waals surface area contributed by atoms with Gasteiger partial charge in [-0.05, 0) is 46.5 Å². The van der Waals surface area contributed by atoms with Gasteiger partial charge in [-0.2, -0.15) is 0 Å². The maximum absolute atomic E-state index is 11.6. The molecule has 1 aliphatic rings. The summed E-state index contributed by atoms with van der Waals surface area (Å²) >= 11 is 3.35. The maximum Gasteiger partial charge on any atom is 0.258 e. The Balaban J connectivity index is 2.03. The first kappa shape index (κ1) is 14.1. The van der Waals surface area contributed by atoms with Gasteiger partial charge in [-0.1, -0.05) is 0 Å². The van der Waals surface area contributed by atoms with Gasteiger partial charge in [0, 0.05) is 6.04 Å². The SMILES string of the molecule is COc1cc(CO)cc(Br)c1OCC(=O)NC1CC1. The molecule has 1 aliphatic carbocycles. The minimum atomic E-state index is -0.136. The van der Waals surface area contributed by atoms with Crippen molar-refractivity contribution in [2.45, 2.75) is 25.5 Å². The standard InChI is InChI=1S/C13H16BrNO4/c1-18-11-5-8(6-16)4-10(14)13(11)19-7-12(17)15-9-2-3-9/h4-5,9,16H,2-3,6-7H2,1H3,(H,15,17). The van der Waals surface area contributed by atoms with Gasteiger partial charge in [-0.3, -0.25) is 4.79 Å². The number of carbonyl (C=O) groups is 1. The number of halogens is 1. The zero-order valence-corrected chi connectivity index (χ0v) is 12.2. The summed E-state index contributed by atoms with van der Waals surface area (Å²) in [6.07, 6.45) is 2.09. The van der Waals surface area contributed by atoms with Crippen LogP contribution in [0.25, 0.3) is 0 Å². The third kappa shape index (κ3) is 3.84. The Hall–Kier alpha value is -1.27. The molecule has 104 valence electrons. The molecule has 0 bridgehead atoms. The fourth-order valence-corrected chi connectivity index (χ4v) is 2.24. The van der Waals surface area contributed by atoms with Crippen LogP contribution < -0.4 is 14.8 Å². The Labute approximate surface area is 120 Å². The zero-order chi connectivity index (χ0) is 13.8. The fraction of sp³-hybridized carbons (Fsp3) is 0.462. The molecule has 2 N–H and O–H groups in total. The maximum atomic E-state index is 11.6. The van der Waals surface area contributed by atoms with E-state index >= 15 is 0 Å². The van der Waals surface area contributed by atoms with Gasteiger partial charge in [-0.15, -0.1) is 0 Å². The van der Waals surface area contributed by atoms with E-state index in [1.54, 1.807) is 12.1 Å². The summed E-state index contributed by atoms with van der Waals surface area (Å²) in [4.78, 5) is 11.6. The molecule has 1 amide bonds. The lowest BCUT2D eigenvalue weighted by molar-refractivity contribution is -0.123. The van der Waals surface area contributed by atoms with Crippen molar-refractivity contribution in [3.05, 3.63) is 22.2 Å². The van der Waals surface area contributed by atoms with E-state index in [1.807, 2.05) is 0 Å². The molecule has 5 nitrogen and oxygen atoms in total. The highest BCUT2D eigenvalue weighted by molar-refractivity contribution is 9.10. The molecule has 0 unspecified atom stereocenters. The van der Waals surface area contributed by atoms with Crippen LogP contribution in [-0.4, -0.2) is 30.8 Å². The number of aliphatic hydroxyl groups excluding tert-OH is 1. The van der Waals surface area contributed by atoms with E-state index in [2.05, 4.69) is 21.2 Å². The molecule has 1 fully saturated rings. The fourth-order valence-electron chi connectivity index (χ4n) is 1.64. The normalized spacial score (nSPS) is 14.1. The molecule has 0 spiro atoms. The lowest BCUT2D eigenvalue weighted by atomic mass is 10.2. The van der Waals surface area contributed by atoms with Gasteiger partial charge >= 0.3 is 0 Å². The highest BCUT2D eigenvalue weighted by atomic mass is 79.9. The van der Waals surface area contributed by atoms with E-state index in [-0.39, 0.29) is 19.1 Å². The second-order valence-corrected chi connectivity index (χ2v) is 5.25. The summed E-state index contributed by atoms with van der Waals surface area (Å²) in [5.41, 5.74) is 0.707. The lowest BCUT2D eigenvalue weighted by Crippen LogP contribution is -2.30. The van der Waals surface area contributed by atoms with E-state index in [0.717, 1.165) is 12.8 Å². The lowest BCUT2D eigenvalue weighted by Gasteiger charge is -2.13. The monoisotopic (exact) mass is 329 g/mol. The van der Waals surface area contributed by atoms with Crippen molar-refractivity contribution in [2.75, 3.05) is 13.7 Å². The smallest absolute Gasteiger partial charge is 0.258 e. The number of carbonyl (C=O) groups excluding carboxylic acids is 1. The first-order chi connectivity index (χ1) is 9.13. The number of ether oxygens (including phenoxy) is 2. The second kappa shape index (κ2) is 6.25. The zero-order valence-electron chi connectivity index (χ0n) is 10.6. The van der Waals surface area contributed by atoms with Crippen molar-refractivity contribution < 1.29 is 19.4 Å². The van der Waals surface area contributed by atoms with Gasteiger partial charge in [0.2, 0.25) is 0 Å². The van der Waals surface area contributed by atoms with Crippen molar-refractivity contribution in [2.24, 2.45) is 0 Å². The molecule has 0 heterocycles. The van der Waals surface area contributed by atoms with E-state index in [9.17, 15) is 4.79 Å². The van der Waals surface area contributed by atoms with Crippen molar-refractivity contribution in [1.82, 2.24) is 5.32 Å². The Morgan fingerprint density at radius 1 is 1.53 bits per heavy atom. The van der Waals surface area contributed by atoms with E-state index in [4.69, 9.17) is 14.6 Å². The molecule has 2 rings (SSSR count). The summed E-state index contributed by atoms with van der Waals surface area (Å²) in [5.74, 6) is 0.811. The van der Waals surface area contributed by atoms with E-state index in [1.165, 1.54) is 7.11 Å². The molecule has 1 aromatic rings. The Bertz CT molecular complexity index is 474. The van der Waals surface area contributed by atoms with Crippen LogP contribution in [0.3, 0.4) is 0 Å². The van der Waals surface area contributed by atoms with Crippen LogP contribution in [0.4, 0.5) is 0 Å². The number of aliphatic hydroxyl groups is 1. The van der Waals surface area contributed by atoms with E-state index < -0.39 is 0 Å². The van der Waals surface area contributed by atoms with Crippen LogP contribution >= 0.6 is 15.9 Å². The van der Waals surface area contributed by atoms with Gasteiger partial charge in [0.15, 0.2) is 18.1 Å². The number of hydrogen-bond acceptors (Lipinski definition) is 4. The molecule has 0 aromatic heterocycles. The largest absolute Gasteiger partial charge is 0.493 e. The molecule has 19 heavy (non-hydrogen) atoms. The predicted molar refractivity (Wildman–Crippen MR) is 73.3 cm³/mol. The molecular formula is C13H16BrNO4. The topological polar surface area (TPSA) is 67.8 Å². The summed E-state index contributed by atoms with van der Waals surface area (Å²) in [7, 11) is 1.51. The molecule has 1 aromatic carbocycles. The predicted octanol–water partition coefficient (Wildman–Crippen LogP) is 1.61. The first-order valence-electron chi connectivity index (χ1n) is 6.03. The van der Waals surface area contributed by atoms with Crippen LogP contribution in [0.2, 0.25) is 0 Å². The van der Waals surface area contributed by atoms with Gasteiger partial charge in [-0.25, -0.2) is 0 Å². The number of rotatable bonds is 6. The summed E-state index contributed by atoms with van der Waals surface area (Å²) < 4.78 is 11.3. The number of nitrogens with one attached hydrogen (secondary N) is 1. The van der Waals surface area contributed by atoms with Crippen molar-refractivity contribution in [3.63, 3.8) is 0 Å². The van der Waals surface area contributed by atoms with Crippen LogP contribution in [0.1, 0.15) is 18.4 Å². The molecule has 6 heteroatoms. The van der Waals surface area contributed by atoms with Crippen molar-refractivity contribution >= 4 is 21.8 Å². The van der Waals surface area contributed by atoms with Crippen LogP contribution in [0.5, 0.6) is 11.5 Å². The minimum Gasteiger partial charge on any atom is -0.493 e. The average molecular weight is 330 g/mol. The molecule has 0 radical (unpaired) electrons. The summed E-state index contributed by atoms with van der Waals surface area (Å²) in [6, 6.07) is 3.73. The summed E-state index contributed by atoms with van der Waals surface area (Å²) in [5, 5.41) is 12.0. The number of methoxy groups -OCH3 is 1. The third-order valence-corrected chi connectivity index (χ3v) is 3.35. The van der Waals surface area contributed by atoms with Crippen molar-refractivity contribution in [1.29, 1.82) is 0 Å². The Kier molecular flexibility index (Phi) is 4.66. The van der Waals surface area contributed by atoms with Gasteiger partial charge in [0.1, 0.15) is 0 Å². The van der Waals surface area contributed by atoms with Gasteiger partial charge in [0.05, 0.1) is 18.2 Å². The van der Waals surface area contributed by atoms with E-state index in [0.29, 0.717) is 27.6 Å². The third-order valence-electron chi connectivity index (χ3n) is 2.76. The highest BCUT2D eigenvalue weighted by Crippen LogP contribution is 2.36. The Morgan fingerprint density at radius 3 is 2.84 bits per heavy atom. The number of benzene rings is 1. The minimum absolute atomic E-state index is 0.0517. The molecule has 0 atom stereocenters. The first-order valence-corrected chi connectivity index (χ1v) is 6.82. The van der Waals surface area contributed by atoms with Crippen LogP contribution in [-0.2, 0) is 11.4 Å². The Morgan fingerprint density at radius 2 is 2.26 bits per heavy atom. The molecule has 1 saturated carbocycles. The van der Waals surface area contributed by atoms with Gasteiger partial charge < -0.3 is 19.9 Å². The molecule has 0 aliphatic heterocycles. The molecule has 0 saturated heterocycles. The van der Waals surface area contributed by atoms with Crippen molar-refractivity contribution in [3.8, 4) is 11.5 Å². The quantitative estimate of drug-likeness (QED) is 0.832. The average Bonchev–Trinajstić information content (AvgIpc) is 3.20. The molecular weight excluding hydrogens is 314 g/mol. The van der Waals surface area contributed by atoms with Gasteiger partial charge in [0.25, 0.3) is 5.91 Å². The number of amides is 1. The van der Waals surface area contributed by atoms with Crippen LogP contribution in [0.15, 0.2) is 16.6 Å². The summed E-state index contributed by atoms with van der Waals surface area (Å²) in [6.45, 7) is -0.138.